The molecular formula is C57H39NO. The Hall–Kier alpha value is -7.68. The number of nitrogens with zero attached hydrogens (tertiary/aromatic N) is 1. The van der Waals surface area contributed by atoms with Crippen LogP contribution in [0.4, 0.5) is 17.1 Å². The van der Waals surface area contributed by atoms with Crippen LogP contribution in [0.2, 0.25) is 0 Å². The molecule has 0 bridgehead atoms. The maximum atomic E-state index is 6.35. The van der Waals surface area contributed by atoms with E-state index in [0.717, 1.165) is 56.0 Å². The molecule has 0 saturated heterocycles. The van der Waals surface area contributed by atoms with E-state index in [2.05, 4.69) is 218 Å². The predicted octanol–water partition coefficient (Wildman–Crippen LogP) is 16.3. The van der Waals surface area contributed by atoms with Crippen molar-refractivity contribution in [1.29, 1.82) is 0 Å². The third-order valence-corrected chi connectivity index (χ3v) is 11.8. The molecule has 0 atom stereocenters. The average Bonchev–Trinajstić information content (AvgIpc) is 3.65. The Labute approximate surface area is 343 Å². The first-order valence-electron chi connectivity index (χ1n) is 20.2. The zero-order valence-electron chi connectivity index (χ0n) is 32.6. The van der Waals surface area contributed by atoms with Gasteiger partial charge in [-0.3, -0.25) is 0 Å². The Morgan fingerprint density at radius 1 is 0.322 bits per heavy atom. The first kappa shape index (κ1) is 34.6. The number of hydrogen-bond donors (Lipinski definition) is 0. The van der Waals surface area contributed by atoms with Gasteiger partial charge in [-0.15, -0.1) is 0 Å². The van der Waals surface area contributed by atoms with E-state index < -0.39 is 0 Å². The van der Waals surface area contributed by atoms with Crippen molar-refractivity contribution in [3.63, 3.8) is 0 Å². The Bertz CT molecular complexity index is 3320. The summed E-state index contributed by atoms with van der Waals surface area (Å²) in [5, 5.41) is 8.71. The quantitative estimate of drug-likeness (QED) is 0.151. The minimum absolute atomic E-state index is 0.916. The van der Waals surface area contributed by atoms with Crippen LogP contribution in [-0.4, -0.2) is 0 Å². The van der Waals surface area contributed by atoms with Gasteiger partial charge in [0.1, 0.15) is 11.3 Å². The maximum Gasteiger partial charge on any atom is 0.138 e. The molecule has 0 saturated carbocycles. The molecule has 0 aliphatic rings. The summed E-state index contributed by atoms with van der Waals surface area (Å²) in [4.78, 5) is 2.35. The van der Waals surface area contributed by atoms with E-state index in [4.69, 9.17) is 4.42 Å². The topological polar surface area (TPSA) is 16.4 Å². The molecule has 1 aromatic heterocycles. The highest BCUT2D eigenvalue weighted by Crippen LogP contribution is 2.41. The molecule has 0 aliphatic carbocycles. The standard InChI is InChI=1S/C57H39NO/c1-38-51-16-8-9-20-56(51)59-57(38)47-15-10-14-44(36-47)40-23-29-48(30-24-40)58(49-31-25-41(26-32-49)45-22-21-39-11-2-3-12-43(39)35-45)50-33-27-42(28-34-50)55-37-46-13-4-5-17-52(46)53-18-6-7-19-54(53)55/h2-37H,1H3. The van der Waals surface area contributed by atoms with Crippen molar-refractivity contribution in [3.8, 4) is 44.7 Å². The normalized spacial score (nSPS) is 11.5. The number of anilines is 3. The summed E-state index contributed by atoms with van der Waals surface area (Å²) in [5.74, 6) is 0.920. The number of fused-ring (bicyclic) bond motifs is 5. The van der Waals surface area contributed by atoms with Gasteiger partial charge in [-0.05, 0) is 133 Å². The van der Waals surface area contributed by atoms with E-state index in [1.54, 1.807) is 0 Å². The highest BCUT2D eigenvalue weighted by atomic mass is 16.3. The first-order chi connectivity index (χ1) is 29.1. The van der Waals surface area contributed by atoms with Crippen LogP contribution in [0.1, 0.15) is 5.56 Å². The van der Waals surface area contributed by atoms with Crippen molar-refractivity contribution in [3.05, 3.63) is 224 Å². The number of benzene rings is 10. The van der Waals surface area contributed by atoms with Crippen LogP contribution in [-0.2, 0) is 0 Å². The first-order valence-corrected chi connectivity index (χ1v) is 20.2. The molecule has 2 nitrogen and oxygen atoms in total. The smallest absolute Gasteiger partial charge is 0.138 e. The fourth-order valence-corrected chi connectivity index (χ4v) is 8.79. The molecule has 0 spiro atoms. The molecule has 0 fully saturated rings. The second kappa shape index (κ2) is 14.4. The monoisotopic (exact) mass is 753 g/mol. The molecule has 0 N–H and O–H groups in total. The minimum Gasteiger partial charge on any atom is -0.456 e. The number of hydrogen-bond acceptors (Lipinski definition) is 2. The second-order valence-corrected chi connectivity index (χ2v) is 15.4. The lowest BCUT2D eigenvalue weighted by atomic mass is 9.93. The Morgan fingerprint density at radius 2 is 0.831 bits per heavy atom. The highest BCUT2D eigenvalue weighted by molar-refractivity contribution is 6.13. The van der Waals surface area contributed by atoms with Gasteiger partial charge in [-0.25, -0.2) is 0 Å². The molecule has 0 aliphatic heterocycles. The summed E-state index contributed by atoms with van der Waals surface area (Å²) in [6.45, 7) is 2.14. The molecule has 278 valence electrons. The molecule has 2 heteroatoms. The fourth-order valence-electron chi connectivity index (χ4n) is 8.79. The van der Waals surface area contributed by atoms with Crippen LogP contribution in [0.25, 0.3) is 88.0 Å². The van der Waals surface area contributed by atoms with E-state index in [1.165, 1.54) is 54.6 Å². The van der Waals surface area contributed by atoms with Gasteiger partial charge in [0.15, 0.2) is 0 Å². The molecule has 59 heavy (non-hydrogen) atoms. The van der Waals surface area contributed by atoms with E-state index in [0.29, 0.717) is 0 Å². The molecule has 0 radical (unpaired) electrons. The third kappa shape index (κ3) is 6.23. The van der Waals surface area contributed by atoms with Gasteiger partial charge < -0.3 is 9.32 Å². The molecule has 0 amide bonds. The lowest BCUT2D eigenvalue weighted by molar-refractivity contribution is 0.629. The molecule has 1 heterocycles. The van der Waals surface area contributed by atoms with E-state index in [-0.39, 0.29) is 0 Å². The van der Waals surface area contributed by atoms with Crippen LogP contribution in [0.15, 0.2) is 223 Å². The van der Waals surface area contributed by atoms with Gasteiger partial charge in [0.2, 0.25) is 0 Å². The Balaban J connectivity index is 0.975. The lowest BCUT2D eigenvalue weighted by Gasteiger charge is -2.26. The number of para-hydroxylation sites is 1. The summed E-state index contributed by atoms with van der Waals surface area (Å²) in [6, 6.07) is 78.8. The number of furan rings is 1. The van der Waals surface area contributed by atoms with Crippen molar-refractivity contribution in [2.45, 2.75) is 6.92 Å². The summed E-state index contributed by atoms with van der Waals surface area (Å²) in [6.07, 6.45) is 0. The van der Waals surface area contributed by atoms with E-state index in [1.807, 2.05) is 12.1 Å². The van der Waals surface area contributed by atoms with Crippen LogP contribution < -0.4 is 4.90 Å². The molecule has 0 unspecified atom stereocenters. The summed E-state index contributed by atoms with van der Waals surface area (Å²) in [5.41, 5.74) is 13.5. The minimum atomic E-state index is 0.916. The lowest BCUT2D eigenvalue weighted by Crippen LogP contribution is -2.09. The fraction of sp³-hybridized carbons (Fsp3) is 0.0175. The molecule has 10 aromatic carbocycles. The number of aryl methyl sites for hydroxylation is 1. The van der Waals surface area contributed by atoms with E-state index >= 15 is 0 Å². The Morgan fingerprint density at radius 3 is 1.51 bits per heavy atom. The Kier molecular flexibility index (Phi) is 8.41. The predicted molar refractivity (Wildman–Crippen MR) is 250 cm³/mol. The molecule has 11 aromatic rings. The van der Waals surface area contributed by atoms with Crippen molar-refractivity contribution in [2.75, 3.05) is 4.90 Å². The van der Waals surface area contributed by atoms with Gasteiger partial charge in [0.25, 0.3) is 0 Å². The van der Waals surface area contributed by atoms with Gasteiger partial charge in [-0.1, -0.05) is 158 Å². The van der Waals surface area contributed by atoms with Crippen molar-refractivity contribution < 1.29 is 4.42 Å². The zero-order valence-corrected chi connectivity index (χ0v) is 32.6. The van der Waals surface area contributed by atoms with Gasteiger partial charge >= 0.3 is 0 Å². The van der Waals surface area contributed by atoms with Crippen LogP contribution >= 0.6 is 0 Å². The van der Waals surface area contributed by atoms with Gasteiger partial charge in [0.05, 0.1) is 0 Å². The summed E-state index contributed by atoms with van der Waals surface area (Å²) < 4.78 is 6.35. The van der Waals surface area contributed by atoms with Crippen molar-refractivity contribution in [1.82, 2.24) is 0 Å². The number of rotatable bonds is 7. The maximum absolute atomic E-state index is 6.35. The van der Waals surface area contributed by atoms with Crippen LogP contribution in [0.3, 0.4) is 0 Å². The summed E-state index contributed by atoms with van der Waals surface area (Å²) in [7, 11) is 0. The van der Waals surface area contributed by atoms with Crippen molar-refractivity contribution in [2.24, 2.45) is 0 Å². The SMILES string of the molecule is Cc1c(-c2cccc(-c3ccc(N(c4ccc(-c5ccc6ccccc6c5)cc4)c4ccc(-c5cc6ccccc6c6ccccc56)cc4)cc3)c2)oc2ccccc12. The van der Waals surface area contributed by atoms with Gasteiger partial charge in [-0.2, -0.15) is 0 Å². The molecular weight excluding hydrogens is 715 g/mol. The highest BCUT2D eigenvalue weighted by Gasteiger charge is 2.17. The van der Waals surface area contributed by atoms with Crippen LogP contribution in [0, 0.1) is 6.92 Å². The van der Waals surface area contributed by atoms with Crippen molar-refractivity contribution >= 4 is 60.3 Å². The van der Waals surface area contributed by atoms with Gasteiger partial charge in [0, 0.05) is 33.6 Å². The van der Waals surface area contributed by atoms with Crippen LogP contribution in [0.5, 0.6) is 0 Å². The summed E-state index contributed by atoms with van der Waals surface area (Å²) >= 11 is 0. The largest absolute Gasteiger partial charge is 0.456 e. The second-order valence-electron chi connectivity index (χ2n) is 15.4. The van der Waals surface area contributed by atoms with E-state index in [9.17, 15) is 0 Å². The molecule has 11 rings (SSSR count). The third-order valence-electron chi connectivity index (χ3n) is 11.8. The average molecular weight is 754 g/mol. The zero-order chi connectivity index (χ0) is 39.3.